The number of nitrogens with one attached hydrogen (secondary N) is 1. The molecular formula is C21H27N5O3S. The van der Waals surface area contributed by atoms with E-state index in [9.17, 15) is 14.4 Å². The molecule has 5 N–H and O–H groups in total. The summed E-state index contributed by atoms with van der Waals surface area (Å²) < 4.78 is 3.92. The molecule has 1 saturated carbocycles. The molecule has 3 rings (SSSR count). The van der Waals surface area contributed by atoms with Crippen LogP contribution in [0.5, 0.6) is 0 Å². The van der Waals surface area contributed by atoms with Crippen molar-refractivity contribution in [3.8, 4) is 0 Å². The molecule has 30 heavy (non-hydrogen) atoms. The third kappa shape index (κ3) is 4.62. The van der Waals surface area contributed by atoms with Crippen molar-refractivity contribution in [2.75, 3.05) is 10.6 Å². The Labute approximate surface area is 179 Å². The lowest BCUT2D eigenvalue weighted by atomic mass is 9.95. The van der Waals surface area contributed by atoms with E-state index in [1.807, 2.05) is 25.1 Å². The number of anilines is 2. The van der Waals surface area contributed by atoms with Gasteiger partial charge >= 0.3 is 0 Å². The third-order valence-electron chi connectivity index (χ3n) is 5.37. The highest BCUT2D eigenvalue weighted by molar-refractivity contribution is 7.09. The van der Waals surface area contributed by atoms with E-state index in [2.05, 4.69) is 9.69 Å². The van der Waals surface area contributed by atoms with Gasteiger partial charge in [0.25, 0.3) is 11.8 Å². The van der Waals surface area contributed by atoms with Gasteiger partial charge in [-0.1, -0.05) is 31.4 Å². The largest absolute Gasteiger partial charge is 0.395 e. The number of aryl methyl sites for hydroxylation is 1. The highest BCUT2D eigenvalue weighted by Gasteiger charge is 2.33. The zero-order chi connectivity index (χ0) is 21.8. The van der Waals surface area contributed by atoms with Crippen molar-refractivity contribution in [2.45, 2.75) is 58.0 Å². The highest BCUT2D eigenvalue weighted by atomic mass is 32.1. The summed E-state index contributed by atoms with van der Waals surface area (Å²) in [6, 6.07) is 6.67. The van der Waals surface area contributed by atoms with Gasteiger partial charge in [0.05, 0.1) is 5.69 Å². The number of nitrogen functional groups attached to an aromatic ring is 1. The van der Waals surface area contributed by atoms with Crippen LogP contribution in [0.4, 0.5) is 11.4 Å². The van der Waals surface area contributed by atoms with Crippen LogP contribution in [0, 0.1) is 6.92 Å². The first-order valence-corrected chi connectivity index (χ1v) is 10.8. The van der Waals surface area contributed by atoms with Crippen molar-refractivity contribution in [3.05, 3.63) is 40.4 Å². The normalized spacial score (nSPS) is 15.4. The van der Waals surface area contributed by atoms with Gasteiger partial charge in [0.2, 0.25) is 5.91 Å². The van der Waals surface area contributed by atoms with Crippen LogP contribution in [-0.2, 0) is 4.79 Å². The Morgan fingerprint density at radius 3 is 2.53 bits per heavy atom. The number of carbonyl (C=O) groups is 3. The first-order chi connectivity index (χ1) is 14.3. The molecule has 2 aromatic rings. The van der Waals surface area contributed by atoms with E-state index < -0.39 is 17.9 Å². The first kappa shape index (κ1) is 21.8. The number of hydrogen-bond donors (Lipinski definition) is 3. The standard InChI is InChI=1S/C21H27N5O3S/c1-12-7-6-10-15(11-12)26(13(2)20(28)24-14-8-4-3-5-9-14)21(29)18-16(22)17(19(23)27)25-30-18/h6-7,10-11,13-14H,3-5,8-9,22H2,1-2H3,(H2,23,27)(H,24,28). The maximum Gasteiger partial charge on any atom is 0.272 e. The van der Waals surface area contributed by atoms with Crippen LogP contribution < -0.4 is 21.7 Å². The molecule has 1 aromatic heterocycles. The fraction of sp³-hybridized carbons (Fsp3) is 0.429. The van der Waals surface area contributed by atoms with Crippen molar-refractivity contribution in [1.82, 2.24) is 9.69 Å². The Morgan fingerprint density at radius 1 is 1.23 bits per heavy atom. The van der Waals surface area contributed by atoms with Gasteiger partial charge in [-0.25, -0.2) is 0 Å². The van der Waals surface area contributed by atoms with Crippen LogP contribution in [-0.4, -0.2) is 34.2 Å². The molecule has 160 valence electrons. The molecule has 1 fully saturated rings. The lowest BCUT2D eigenvalue weighted by Gasteiger charge is -2.31. The fourth-order valence-corrected chi connectivity index (χ4v) is 4.46. The van der Waals surface area contributed by atoms with E-state index in [0.29, 0.717) is 5.69 Å². The summed E-state index contributed by atoms with van der Waals surface area (Å²) in [5.41, 5.74) is 12.6. The molecule has 1 unspecified atom stereocenters. The van der Waals surface area contributed by atoms with Gasteiger partial charge < -0.3 is 16.8 Å². The second-order valence-corrected chi connectivity index (χ2v) is 8.45. The molecule has 0 saturated heterocycles. The van der Waals surface area contributed by atoms with Gasteiger partial charge in [0.15, 0.2) is 5.69 Å². The first-order valence-electron chi connectivity index (χ1n) is 10.0. The molecule has 1 aromatic carbocycles. The van der Waals surface area contributed by atoms with E-state index in [1.165, 1.54) is 11.3 Å². The van der Waals surface area contributed by atoms with Crippen molar-refractivity contribution >= 4 is 40.6 Å². The van der Waals surface area contributed by atoms with E-state index in [-0.39, 0.29) is 28.2 Å². The monoisotopic (exact) mass is 429 g/mol. The number of aromatic nitrogens is 1. The van der Waals surface area contributed by atoms with Crippen LogP contribution in [0.3, 0.4) is 0 Å². The van der Waals surface area contributed by atoms with Crippen molar-refractivity contribution < 1.29 is 14.4 Å². The van der Waals surface area contributed by atoms with Crippen molar-refractivity contribution in [2.24, 2.45) is 5.73 Å². The highest BCUT2D eigenvalue weighted by Crippen LogP contribution is 2.28. The Bertz CT molecular complexity index is 952. The smallest absolute Gasteiger partial charge is 0.272 e. The molecule has 0 radical (unpaired) electrons. The number of benzene rings is 1. The molecule has 0 aliphatic heterocycles. The zero-order valence-corrected chi connectivity index (χ0v) is 18.0. The number of nitrogens with two attached hydrogens (primary N) is 2. The number of nitrogens with zero attached hydrogens (tertiary/aromatic N) is 2. The van der Waals surface area contributed by atoms with Gasteiger partial charge in [-0.15, -0.1) is 0 Å². The van der Waals surface area contributed by atoms with Crippen LogP contribution in [0.15, 0.2) is 24.3 Å². The van der Waals surface area contributed by atoms with Crippen LogP contribution in [0.2, 0.25) is 0 Å². The number of hydrogen-bond acceptors (Lipinski definition) is 6. The van der Waals surface area contributed by atoms with E-state index in [4.69, 9.17) is 11.5 Å². The summed E-state index contributed by atoms with van der Waals surface area (Å²) in [4.78, 5) is 39.4. The van der Waals surface area contributed by atoms with Crippen molar-refractivity contribution in [3.63, 3.8) is 0 Å². The predicted octanol–water partition coefficient (Wildman–Crippen LogP) is 2.62. The quantitative estimate of drug-likeness (QED) is 0.649. The lowest BCUT2D eigenvalue weighted by molar-refractivity contribution is -0.122. The molecule has 9 heteroatoms. The molecule has 3 amide bonds. The maximum absolute atomic E-state index is 13.4. The van der Waals surface area contributed by atoms with E-state index in [0.717, 1.165) is 42.8 Å². The molecule has 0 bridgehead atoms. The Morgan fingerprint density at radius 2 is 1.93 bits per heavy atom. The average Bonchev–Trinajstić information content (AvgIpc) is 3.10. The number of carbonyl (C=O) groups excluding carboxylic acids is 3. The average molecular weight is 430 g/mol. The van der Waals surface area contributed by atoms with Gasteiger partial charge in [0.1, 0.15) is 10.9 Å². The Hall–Kier alpha value is -2.94. The molecule has 1 aliphatic carbocycles. The van der Waals surface area contributed by atoms with Crippen LogP contribution >= 0.6 is 11.5 Å². The molecular weight excluding hydrogens is 402 g/mol. The summed E-state index contributed by atoms with van der Waals surface area (Å²) in [6.45, 7) is 3.59. The third-order valence-corrected chi connectivity index (χ3v) is 6.22. The minimum atomic E-state index is -0.798. The second-order valence-electron chi connectivity index (χ2n) is 7.67. The summed E-state index contributed by atoms with van der Waals surface area (Å²) in [5.74, 6) is -1.52. The zero-order valence-electron chi connectivity index (χ0n) is 17.2. The number of primary amides is 1. The predicted molar refractivity (Wildman–Crippen MR) is 118 cm³/mol. The second kappa shape index (κ2) is 9.25. The van der Waals surface area contributed by atoms with Gasteiger partial charge in [-0.2, -0.15) is 4.37 Å². The van der Waals surface area contributed by atoms with Gasteiger partial charge in [-0.3, -0.25) is 19.3 Å². The maximum atomic E-state index is 13.4. The lowest BCUT2D eigenvalue weighted by Crippen LogP contribution is -2.51. The number of rotatable bonds is 6. The Kier molecular flexibility index (Phi) is 6.71. The molecule has 8 nitrogen and oxygen atoms in total. The minimum absolute atomic E-state index is 0.0601. The van der Waals surface area contributed by atoms with Crippen LogP contribution in [0.25, 0.3) is 0 Å². The van der Waals surface area contributed by atoms with Gasteiger partial charge in [0, 0.05) is 11.7 Å². The van der Waals surface area contributed by atoms with E-state index in [1.54, 1.807) is 13.0 Å². The topological polar surface area (TPSA) is 131 Å². The fourth-order valence-electron chi connectivity index (χ4n) is 3.72. The van der Waals surface area contributed by atoms with Crippen molar-refractivity contribution in [1.29, 1.82) is 0 Å². The molecule has 0 spiro atoms. The summed E-state index contributed by atoms with van der Waals surface area (Å²) in [5, 5.41) is 3.08. The van der Waals surface area contributed by atoms with Crippen LogP contribution in [0.1, 0.15) is 64.8 Å². The molecule has 1 aliphatic rings. The van der Waals surface area contributed by atoms with E-state index >= 15 is 0 Å². The summed E-state index contributed by atoms with van der Waals surface area (Å²) in [6.07, 6.45) is 5.25. The van der Waals surface area contributed by atoms with Gasteiger partial charge in [-0.05, 0) is 55.9 Å². The summed E-state index contributed by atoms with van der Waals surface area (Å²) in [7, 11) is 0. The SMILES string of the molecule is Cc1cccc(N(C(=O)c2snc(C(N)=O)c2N)C(C)C(=O)NC2CCCCC2)c1. The summed E-state index contributed by atoms with van der Waals surface area (Å²) >= 11 is 0.806. The molecule has 1 atom stereocenters. The minimum Gasteiger partial charge on any atom is -0.395 e. The molecule has 1 heterocycles. The Balaban J connectivity index is 1.93. The number of amides is 3.